The van der Waals surface area contributed by atoms with Crippen LogP contribution in [0.25, 0.3) is 0 Å². The van der Waals surface area contributed by atoms with Gasteiger partial charge in [0.05, 0.1) is 17.1 Å². The molecule has 2 aromatic carbocycles. The van der Waals surface area contributed by atoms with Crippen molar-refractivity contribution in [3.63, 3.8) is 0 Å². The molecule has 0 radical (unpaired) electrons. The van der Waals surface area contributed by atoms with E-state index in [1.165, 1.54) is 4.90 Å². The first-order chi connectivity index (χ1) is 12.7. The van der Waals surface area contributed by atoms with Crippen LogP contribution in [0.4, 0.5) is 0 Å². The second-order valence-corrected chi connectivity index (χ2v) is 6.55. The third-order valence-corrected chi connectivity index (χ3v) is 4.58. The number of carbonyl (C=O) groups excluding carboxylic acids is 1. The van der Waals surface area contributed by atoms with E-state index < -0.39 is 0 Å². The second kappa shape index (κ2) is 7.03. The van der Waals surface area contributed by atoms with Gasteiger partial charge < -0.3 is 0 Å². The van der Waals surface area contributed by atoms with Gasteiger partial charge in [0.25, 0.3) is 5.91 Å². The molecule has 0 saturated heterocycles. The zero-order chi connectivity index (χ0) is 17.9. The van der Waals surface area contributed by atoms with E-state index in [9.17, 15) is 4.79 Å². The molecule has 4 heteroatoms. The Kier molecular flexibility index (Phi) is 4.43. The number of aromatic nitrogens is 1. The van der Waals surface area contributed by atoms with Crippen molar-refractivity contribution in [2.45, 2.75) is 13.0 Å². The summed E-state index contributed by atoms with van der Waals surface area (Å²) >= 11 is 6.41. The minimum Gasteiger partial charge on any atom is -0.268 e. The van der Waals surface area contributed by atoms with Gasteiger partial charge >= 0.3 is 0 Å². The first-order valence-corrected chi connectivity index (χ1v) is 8.67. The Balaban J connectivity index is 1.60. The highest BCUT2D eigenvalue weighted by Gasteiger charge is 2.29. The van der Waals surface area contributed by atoms with E-state index in [-0.39, 0.29) is 5.91 Å². The van der Waals surface area contributed by atoms with Crippen molar-refractivity contribution in [2.24, 2.45) is 0 Å². The van der Waals surface area contributed by atoms with Gasteiger partial charge in [0.15, 0.2) is 0 Å². The molecule has 1 aliphatic heterocycles. The van der Waals surface area contributed by atoms with Crippen LogP contribution in [0, 0.1) is 12.0 Å². The van der Waals surface area contributed by atoms with Gasteiger partial charge in [0, 0.05) is 24.0 Å². The molecular formula is C22H15ClN2O. The summed E-state index contributed by atoms with van der Waals surface area (Å²) < 4.78 is 0. The lowest BCUT2D eigenvalue weighted by Crippen LogP contribution is -2.17. The lowest BCUT2D eigenvalue weighted by atomic mass is 10.0. The molecule has 1 aliphatic rings. The predicted octanol–water partition coefficient (Wildman–Crippen LogP) is 4.29. The normalized spacial score (nSPS) is 12.5. The van der Waals surface area contributed by atoms with Crippen LogP contribution in [0.5, 0.6) is 0 Å². The van der Waals surface area contributed by atoms with Crippen molar-refractivity contribution in [1.29, 1.82) is 0 Å². The van der Waals surface area contributed by atoms with Crippen LogP contribution in [-0.2, 0) is 13.0 Å². The molecule has 0 fully saturated rings. The van der Waals surface area contributed by atoms with E-state index in [1.54, 1.807) is 12.4 Å². The molecule has 0 N–H and O–H groups in total. The maximum absolute atomic E-state index is 12.6. The number of fused-ring (bicyclic) bond motifs is 1. The van der Waals surface area contributed by atoms with Gasteiger partial charge in [-0.25, -0.2) is 0 Å². The fourth-order valence-electron chi connectivity index (χ4n) is 3.05. The van der Waals surface area contributed by atoms with Crippen LogP contribution < -0.4 is 0 Å². The molecule has 0 saturated carbocycles. The molecule has 3 aromatic rings. The molecule has 0 atom stereocenters. The number of rotatable bonds is 2. The fourth-order valence-corrected chi connectivity index (χ4v) is 3.39. The van der Waals surface area contributed by atoms with E-state index in [1.807, 2.05) is 54.6 Å². The van der Waals surface area contributed by atoms with Crippen LogP contribution >= 0.6 is 11.6 Å². The molecule has 3 nitrogen and oxygen atoms in total. The van der Waals surface area contributed by atoms with Crippen LogP contribution in [-0.4, -0.2) is 15.8 Å². The third kappa shape index (κ3) is 3.33. The van der Waals surface area contributed by atoms with Gasteiger partial charge in [0.1, 0.15) is 0 Å². The Bertz CT molecular complexity index is 1020. The number of halogens is 1. The quantitative estimate of drug-likeness (QED) is 0.640. The molecule has 0 spiro atoms. The second-order valence-electron chi connectivity index (χ2n) is 6.14. The standard InChI is InChI=1S/C22H15ClN2O/c23-20-14-18(12-17-6-9-24-10-7-17)13-19-15-25(22(26)21(19)20)11-8-16-4-2-1-3-5-16/h1-7,9-10,13-14H,12,15H2. The van der Waals surface area contributed by atoms with Crippen molar-refractivity contribution < 1.29 is 4.79 Å². The number of nitrogens with zero attached hydrogens (tertiary/aromatic N) is 2. The van der Waals surface area contributed by atoms with Gasteiger partial charge in [-0.2, -0.15) is 0 Å². The summed E-state index contributed by atoms with van der Waals surface area (Å²) in [7, 11) is 0. The van der Waals surface area contributed by atoms with E-state index in [0.717, 1.165) is 28.7 Å². The Morgan fingerprint density at radius 1 is 1.04 bits per heavy atom. The summed E-state index contributed by atoms with van der Waals surface area (Å²) in [5, 5.41) is 0.487. The molecule has 2 heterocycles. The first-order valence-electron chi connectivity index (χ1n) is 8.29. The van der Waals surface area contributed by atoms with Crippen molar-refractivity contribution in [3.05, 3.63) is 99.8 Å². The zero-order valence-electron chi connectivity index (χ0n) is 13.9. The van der Waals surface area contributed by atoms with Gasteiger partial charge in [-0.15, -0.1) is 0 Å². The molecule has 126 valence electrons. The van der Waals surface area contributed by atoms with E-state index in [4.69, 9.17) is 11.6 Å². The van der Waals surface area contributed by atoms with Crippen molar-refractivity contribution >= 4 is 17.5 Å². The van der Waals surface area contributed by atoms with Gasteiger partial charge in [-0.05, 0) is 59.4 Å². The lowest BCUT2D eigenvalue weighted by molar-refractivity contribution is 0.0854. The molecule has 0 aliphatic carbocycles. The highest BCUT2D eigenvalue weighted by atomic mass is 35.5. The Labute approximate surface area is 157 Å². The van der Waals surface area contributed by atoms with E-state index in [0.29, 0.717) is 17.1 Å². The average molecular weight is 359 g/mol. The molecule has 1 aromatic heterocycles. The number of hydrogen-bond acceptors (Lipinski definition) is 2. The first kappa shape index (κ1) is 16.4. The smallest absolute Gasteiger partial charge is 0.267 e. The summed E-state index contributed by atoms with van der Waals surface area (Å²) in [5.41, 5.74) is 4.59. The topological polar surface area (TPSA) is 33.2 Å². The molecular weight excluding hydrogens is 344 g/mol. The molecule has 0 unspecified atom stereocenters. The summed E-state index contributed by atoms with van der Waals surface area (Å²) in [6, 6.07) is 20.4. The molecule has 0 bridgehead atoms. The predicted molar refractivity (Wildman–Crippen MR) is 102 cm³/mol. The van der Waals surface area contributed by atoms with Gasteiger partial charge in [-0.1, -0.05) is 35.9 Å². The maximum atomic E-state index is 12.6. The van der Waals surface area contributed by atoms with Crippen LogP contribution in [0.1, 0.15) is 32.6 Å². The van der Waals surface area contributed by atoms with Gasteiger partial charge in [0.2, 0.25) is 0 Å². The monoisotopic (exact) mass is 358 g/mol. The molecule has 26 heavy (non-hydrogen) atoms. The molecule has 4 rings (SSSR count). The Hall–Kier alpha value is -3.09. The maximum Gasteiger partial charge on any atom is 0.267 e. The molecule has 1 amide bonds. The number of pyridine rings is 1. The highest BCUT2D eigenvalue weighted by molar-refractivity contribution is 6.34. The number of amides is 1. The number of hydrogen-bond donors (Lipinski definition) is 0. The van der Waals surface area contributed by atoms with Crippen LogP contribution in [0.15, 0.2) is 67.0 Å². The number of carbonyl (C=O) groups is 1. The summed E-state index contributed by atoms with van der Waals surface area (Å²) in [6.07, 6.45) is 4.29. The van der Waals surface area contributed by atoms with Crippen LogP contribution in [0.2, 0.25) is 5.02 Å². The van der Waals surface area contributed by atoms with Crippen LogP contribution in [0.3, 0.4) is 0 Å². The minimum atomic E-state index is -0.135. The summed E-state index contributed by atoms with van der Waals surface area (Å²) in [4.78, 5) is 18.2. The van der Waals surface area contributed by atoms with E-state index in [2.05, 4.69) is 16.9 Å². The highest BCUT2D eigenvalue weighted by Crippen LogP contribution is 2.31. The van der Waals surface area contributed by atoms with Crippen molar-refractivity contribution in [2.75, 3.05) is 0 Å². The summed E-state index contributed by atoms with van der Waals surface area (Å²) in [6.45, 7) is 0.456. The fraction of sp³-hybridized carbons (Fsp3) is 0.0909. The Morgan fingerprint density at radius 3 is 2.58 bits per heavy atom. The minimum absolute atomic E-state index is 0.135. The van der Waals surface area contributed by atoms with Gasteiger partial charge in [-0.3, -0.25) is 14.7 Å². The average Bonchev–Trinajstić information content (AvgIpc) is 2.98. The van der Waals surface area contributed by atoms with E-state index >= 15 is 0 Å². The number of benzene rings is 2. The largest absolute Gasteiger partial charge is 0.268 e. The third-order valence-electron chi connectivity index (χ3n) is 4.29. The SMILES string of the molecule is O=C1c2c(Cl)cc(Cc3ccncc3)cc2CN1C#Cc1ccccc1. The van der Waals surface area contributed by atoms with Crippen molar-refractivity contribution in [1.82, 2.24) is 9.88 Å². The Morgan fingerprint density at radius 2 is 1.81 bits per heavy atom. The lowest BCUT2D eigenvalue weighted by Gasteiger charge is -2.06. The summed E-state index contributed by atoms with van der Waals surface area (Å²) in [5.74, 6) is 2.90. The zero-order valence-corrected chi connectivity index (χ0v) is 14.7. The van der Waals surface area contributed by atoms with Crippen molar-refractivity contribution in [3.8, 4) is 12.0 Å².